The fourth-order valence-corrected chi connectivity index (χ4v) is 3.87. The third-order valence-electron chi connectivity index (χ3n) is 5.86. The minimum Gasteiger partial charge on any atom is -0.449 e. The summed E-state index contributed by atoms with van der Waals surface area (Å²) in [7, 11) is 0. The van der Waals surface area contributed by atoms with E-state index in [2.05, 4.69) is 30.2 Å². The maximum absolute atomic E-state index is 12.3. The van der Waals surface area contributed by atoms with Crippen molar-refractivity contribution in [1.82, 2.24) is 0 Å². The van der Waals surface area contributed by atoms with E-state index in [9.17, 15) is 55.1 Å². The predicted octanol–water partition coefficient (Wildman–Crippen LogP) is 9.68. The van der Waals surface area contributed by atoms with Gasteiger partial charge in [-0.3, -0.25) is 30.3 Å². The second-order valence-corrected chi connectivity index (χ2v) is 11.4. The van der Waals surface area contributed by atoms with Gasteiger partial charge < -0.3 is 14.2 Å². The molecule has 300 valence electrons. The molecule has 3 aromatic carbocycles. The van der Waals surface area contributed by atoms with Gasteiger partial charge in [-0.1, -0.05) is 18.2 Å². The van der Waals surface area contributed by atoms with Crippen LogP contribution in [-0.2, 0) is 14.2 Å². The largest absolute Gasteiger partial charge is 0.449 e. The van der Waals surface area contributed by atoms with Gasteiger partial charge in [0.25, 0.3) is 15.7 Å². The molecule has 12 nitrogen and oxygen atoms in total. The molecule has 0 spiro atoms. The second-order valence-electron chi connectivity index (χ2n) is 10.1. The molecule has 0 bridgehead atoms. The average Bonchev–Trinajstić information content (AvgIpc) is 3.13. The third kappa shape index (κ3) is 21.0. The van der Waals surface area contributed by atoms with Gasteiger partial charge in [0.15, 0.2) is 6.10 Å². The van der Waals surface area contributed by atoms with Gasteiger partial charge in [-0.25, -0.2) is 27.6 Å². The molecule has 3 rings (SSSR count). The third-order valence-corrected chi connectivity index (χ3v) is 6.86. The molecule has 0 aromatic heterocycles. The van der Waals surface area contributed by atoms with Crippen LogP contribution >= 0.6 is 46.4 Å². The number of carbonyl (C=O) groups is 6. The lowest BCUT2D eigenvalue weighted by Crippen LogP contribution is -2.25. The maximum atomic E-state index is 12.3. The summed E-state index contributed by atoms with van der Waals surface area (Å²) in [6.45, 7) is -3.85. The highest BCUT2D eigenvalue weighted by Gasteiger charge is 2.27. The highest BCUT2D eigenvalue weighted by atomic mass is 35.5. The SMILES string of the molecule is O=C(Nc1cccc(C(=O)Cl)c1)OC(CF)CCl.O=C(Nc1cccc(C(=O)Cl)c1)OC(CF)CF.O=C(Nc1cccc(C(=O)Cl)c1)OCCC(F)(F)F. The van der Waals surface area contributed by atoms with E-state index in [-0.39, 0.29) is 33.9 Å². The van der Waals surface area contributed by atoms with Crippen molar-refractivity contribution in [2.75, 3.05) is 48.5 Å². The summed E-state index contributed by atoms with van der Waals surface area (Å²) in [6.07, 6.45) is -10.9. The number of nitrogens with one attached hydrogen (secondary N) is 3. The zero-order valence-corrected chi connectivity index (χ0v) is 30.8. The molecule has 0 fully saturated rings. The van der Waals surface area contributed by atoms with Crippen molar-refractivity contribution in [3.8, 4) is 0 Å². The van der Waals surface area contributed by atoms with Gasteiger partial charge in [0, 0.05) is 33.8 Å². The molecule has 0 aliphatic rings. The molecular weight excluding hydrogens is 838 g/mol. The molecule has 22 heteroatoms. The van der Waals surface area contributed by atoms with E-state index in [4.69, 9.17) is 46.4 Å². The Hall–Kier alpha value is -4.78. The summed E-state index contributed by atoms with van der Waals surface area (Å²) in [5.74, 6) is -0.135. The van der Waals surface area contributed by atoms with Crippen molar-refractivity contribution in [2.45, 2.75) is 24.8 Å². The number of anilines is 3. The van der Waals surface area contributed by atoms with Crippen LogP contribution in [0, 0.1) is 0 Å². The smallest absolute Gasteiger partial charge is 0.412 e. The lowest BCUT2D eigenvalue weighted by atomic mass is 10.2. The zero-order valence-electron chi connectivity index (χ0n) is 27.8. The van der Waals surface area contributed by atoms with Crippen molar-refractivity contribution in [3.63, 3.8) is 0 Å². The Bertz CT molecular complexity index is 1670. The summed E-state index contributed by atoms with van der Waals surface area (Å²) in [4.78, 5) is 66.4. The van der Waals surface area contributed by atoms with Gasteiger partial charge in [0.05, 0.1) is 12.3 Å². The van der Waals surface area contributed by atoms with E-state index in [1.165, 1.54) is 66.7 Å². The van der Waals surface area contributed by atoms with Crippen LogP contribution in [0.4, 0.5) is 57.8 Å². The molecule has 3 N–H and O–H groups in total. The Morgan fingerprint density at radius 3 is 1.24 bits per heavy atom. The monoisotopic (exact) mass is 865 g/mol. The molecular formula is C33H29Cl4F6N3O9. The summed E-state index contributed by atoms with van der Waals surface area (Å²) < 4.78 is 85.4. The fraction of sp³-hybridized carbons (Fsp3) is 0.273. The first kappa shape index (κ1) is 48.2. The topological polar surface area (TPSA) is 166 Å². The van der Waals surface area contributed by atoms with Gasteiger partial charge in [0.2, 0.25) is 0 Å². The molecule has 0 saturated carbocycles. The number of amides is 3. The van der Waals surface area contributed by atoms with Crippen molar-refractivity contribution in [1.29, 1.82) is 0 Å². The highest BCUT2D eigenvalue weighted by Crippen LogP contribution is 2.20. The molecule has 1 unspecified atom stereocenters. The second kappa shape index (κ2) is 25.3. The quantitative estimate of drug-likeness (QED) is 0.0619. The number of benzene rings is 3. The van der Waals surface area contributed by atoms with E-state index in [1.807, 2.05) is 0 Å². The number of ether oxygens (including phenoxy) is 3. The van der Waals surface area contributed by atoms with Crippen LogP contribution in [-0.4, -0.2) is 84.9 Å². The van der Waals surface area contributed by atoms with Crippen LogP contribution in [0.1, 0.15) is 37.5 Å². The first-order valence-corrected chi connectivity index (χ1v) is 16.7. The van der Waals surface area contributed by atoms with E-state index in [0.717, 1.165) is 0 Å². The summed E-state index contributed by atoms with van der Waals surface area (Å²) in [5, 5.41) is 4.71. The Kier molecular flexibility index (Phi) is 22.2. The van der Waals surface area contributed by atoms with Gasteiger partial charge in [0.1, 0.15) is 32.7 Å². The standard InChI is InChI=1S/C11H10Cl2FNO3.C11H9ClF3NO3.C11H10ClF2NO3/c12-5-9(6-14)18-11(17)15-8-3-1-2-7(4-8)10(13)16;12-9(17)7-2-1-3-8(6-7)16-10(18)19-5-4-11(13,14)15;12-10(16)7-2-1-3-8(4-7)15-11(17)18-9(5-13)6-14/h1-4,9H,5-6H2,(H,15,17);1-3,6H,4-5H2,(H,16,18);1-4,9H,5-6H2,(H,15,17). The molecule has 55 heavy (non-hydrogen) atoms. The van der Waals surface area contributed by atoms with Crippen LogP contribution in [0.5, 0.6) is 0 Å². The van der Waals surface area contributed by atoms with Gasteiger partial charge in [-0.15, -0.1) is 11.6 Å². The predicted molar refractivity (Wildman–Crippen MR) is 192 cm³/mol. The number of hydrogen-bond acceptors (Lipinski definition) is 9. The Morgan fingerprint density at radius 1 is 0.582 bits per heavy atom. The van der Waals surface area contributed by atoms with Gasteiger partial charge >= 0.3 is 24.5 Å². The van der Waals surface area contributed by atoms with Crippen molar-refractivity contribution in [2.24, 2.45) is 0 Å². The van der Waals surface area contributed by atoms with Gasteiger partial charge in [-0.05, 0) is 89.4 Å². The Balaban J connectivity index is 0.000000413. The van der Waals surface area contributed by atoms with E-state index < -0.39 is 85.4 Å². The van der Waals surface area contributed by atoms with Gasteiger partial charge in [-0.2, -0.15) is 13.2 Å². The average molecular weight is 867 g/mol. The lowest BCUT2D eigenvalue weighted by Gasteiger charge is -2.12. The molecule has 0 heterocycles. The fourth-order valence-electron chi connectivity index (χ4n) is 3.38. The molecule has 1 atom stereocenters. The van der Waals surface area contributed by atoms with Crippen LogP contribution in [0.2, 0.25) is 0 Å². The zero-order chi connectivity index (χ0) is 41.6. The minimum atomic E-state index is -4.38. The van der Waals surface area contributed by atoms with Crippen LogP contribution in [0.3, 0.4) is 0 Å². The van der Waals surface area contributed by atoms with Crippen LogP contribution in [0.15, 0.2) is 72.8 Å². The van der Waals surface area contributed by atoms with E-state index in [0.29, 0.717) is 5.69 Å². The first-order valence-electron chi connectivity index (χ1n) is 15.0. The number of rotatable bonds is 14. The van der Waals surface area contributed by atoms with Crippen molar-refractivity contribution in [3.05, 3.63) is 89.5 Å². The number of halogens is 10. The summed E-state index contributed by atoms with van der Waals surface area (Å²) >= 11 is 21.2. The molecule has 0 aliphatic heterocycles. The molecule has 3 amide bonds. The Labute approximate surface area is 328 Å². The van der Waals surface area contributed by atoms with Crippen LogP contribution < -0.4 is 16.0 Å². The summed E-state index contributed by atoms with van der Waals surface area (Å²) in [6, 6.07) is 17.3. The van der Waals surface area contributed by atoms with E-state index >= 15 is 0 Å². The maximum Gasteiger partial charge on any atom is 0.412 e. The summed E-state index contributed by atoms with van der Waals surface area (Å²) in [5.41, 5.74) is 1.32. The first-order chi connectivity index (χ1) is 25.9. The number of alkyl halides is 7. The van der Waals surface area contributed by atoms with Crippen LogP contribution in [0.25, 0.3) is 0 Å². The minimum absolute atomic E-state index is 0.135. The number of hydrogen-bond donors (Lipinski definition) is 3. The Morgan fingerprint density at radius 2 is 0.927 bits per heavy atom. The van der Waals surface area contributed by atoms with Crippen molar-refractivity contribution >= 4 is 97.5 Å². The molecule has 0 aliphatic carbocycles. The number of carbonyl (C=O) groups excluding carboxylic acids is 6. The van der Waals surface area contributed by atoms with E-state index in [1.54, 1.807) is 6.07 Å². The normalized spacial score (nSPS) is 11.0. The molecule has 3 aromatic rings. The van der Waals surface area contributed by atoms with Crippen molar-refractivity contribution < 1.29 is 69.3 Å². The molecule has 0 saturated heterocycles. The lowest BCUT2D eigenvalue weighted by molar-refractivity contribution is -0.140. The molecule has 0 radical (unpaired) electrons. The highest BCUT2D eigenvalue weighted by molar-refractivity contribution is 6.68.